The highest BCUT2D eigenvalue weighted by Gasteiger charge is 2.23. The lowest BCUT2D eigenvalue weighted by Gasteiger charge is -2.24. The molecule has 2 heterocycles. The monoisotopic (exact) mass is 266 g/mol. The van der Waals surface area contributed by atoms with Gasteiger partial charge in [-0.05, 0) is 32.9 Å². The van der Waals surface area contributed by atoms with Crippen molar-refractivity contribution in [2.45, 2.75) is 38.8 Å². The van der Waals surface area contributed by atoms with Gasteiger partial charge in [0.25, 0.3) is 0 Å². The van der Waals surface area contributed by atoms with Gasteiger partial charge in [0.1, 0.15) is 0 Å². The van der Waals surface area contributed by atoms with E-state index in [-0.39, 0.29) is 0 Å². The topological polar surface area (TPSA) is 42.3 Å². The van der Waals surface area contributed by atoms with Crippen molar-refractivity contribution < 1.29 is 4.74 Å². The number of likely N-dealkylation sites (tertiary alicyclic amines) is 1. The second kappa shape index (κ2) is 6.91. The summed E-state index contributed by atoms with van der Waals surface area (Å²) < 4.78 is 7.36. The maximum absolute atomic E-state index is 5.21. The van der Waals surface area contributed by atoms with Crippen molar-refractivity contribution in [1.82, 2.24) is 14.5 Å². The molecule has 1 aliphatic rings. The van der Waals surface area contributed by atoms with E-state index in [1.807, 2.05) is 12.4 Å². The van der Waals surface area contributed by atoms with Crippen LogP contribution in [0.4, 0.5) is 5.95 Å². The zero-order chi connectivity index (χ0) is 13.7. The summed E-state index contributed by atoms with van der Waals surface area (Å²) in [6, 6.07) is 0.953. The second-order valence-electron chi connectivity index (χ2n) is 5.27. The van der Waals surface area contributed by atoms with Crippen LogP contribution in [0.25, 0.3) is 0 Å². The Morgan fingerprint density at radius 2 is 2.42 bits per heavy atom. The first kappa shape index (κ1) is 14.3. The van der Waals surface area contributed by atoms with Crippen LogP contribution in [0.1, 0.15) is 32.7 Å². The van der Waals surface area contributed by atoms with Crippen LogP contribution in [-0.4, -0.2) is 53.8 Å². The summed E-state index contributed by atoms with van der Waals surface area (Å²) >= 11 is 0. The van der Waals surface area contributed by atoms with Crippen LogP contribution in [0, 0.1) is 0 Å². The third kappa shape index (κ3) is 3.48. The van der Waals surface area contributed by atoms with E-state index < -0.39 is 0 Å². The van der Waals surface area contributed by atoms with Crippen molar-refractivity contribution in [2.75, 3.05) is 38.7 Å². The average Bonchev–Trinajstić information content (AvgIpc) is 3.05. The quantitative estimate of drug-likeness (QED) is 0.819. The molecule has 1 aromatic rings. The number of likely N-dealkylation sites (N-methyl/N-ethyl adjacent to an activating group) is 1. The molecule has 5 nitrogen and oxygen atoms in total. The fourth-order valence-electron chi connectivity index (χ4n) is 2.88. The molecule has 0 bridgehead atoms. The number of anilines is 1. The maximum atomic E-state index is 5.21. The average molecular weight is 266 g/mol. The zero-order valence-electron chi connectivity index (χ0n) is 12.3. The van der Waals surface area contributed by atoms with Gasteiger partial charge in [0.05, 0.1) is 12.6 Å². The van der Waals surface area contributed by atoms with Gasteiger partial charge in [0.2, 0.25) is 5.95 Å². The lowest BCUT2D eigenvalue weighted by Crippen LogP contribution is -2.35. The number of ether oxygens (including phenoxy) is 1. The molecule has 2 rings (SSSR count). The Labute approximate surface area is 116 Å². The molecule has 0 aliphatic carbocycles. The van der Waals surface area contributed by atoms with E-state index in [1.165, 1.54) is 19.4 Å². The molecule has 5 heteroatoms. The molecule has 0 amide bonds. The molecule has 1 aromatic heterocycles. The van der Waals surface area contributed by atoms with Gasteiger partial charge < -0.3 is 14.6 Å². The molecular weight excluding hydrogens is 240 g/mol. The molecule has 0 saturated carbocycles. The molecule has 19 heavy (non-hydrogen) atoms. The van der Waals surface area contributed by atoms with Gasteiger partial charge in [-0.25, -0.2) is 4.98 Å². The molecular formula is C14H26N4O. The molecule has 0 radical (unpaired) electrons. The van der Waals surface area contributed by atoms with E-state index in [2.05, 4.69) is 33.6 Å². The van der Waals surface area contributed by atoms with Gasteiger partial charge >= 0.3 is 0 Å². The number of nitrogens with one attached hydrogen (secondary N) is 1. The molecule has 2 unspecified atom stereocenters. The third-order valence-electron chi connectivity index (χ3n) is 3.95. The number of nitrogens with zero attached hydrogens (tertiary/aromatic N) is 3. The van der Waals surface area contributed by atoms with E-state index in [9.17, 15) is 0 Å². The van der Waals surface area contributed by atoms with Gasteiger partial charge in [0, 0.05) is 32.1 Å². The van der Waals surface area contributed by atoms with Crippen LogP contribution in [0.2, 0.25) is 0 Å². The maximum Gasteiger partial charge on any atom is 0.203 e. The van der Waals surface area contributed by atoms with Crippen molar-refractivity contribution in [2.24, 2.45) is 0 Å². The van der Waals surface area contributed by atoms with Crippen molar-refractivity contribution in [1.29, 1.82) is 0 Å². The Hall–Kier alpha value is -1.07. The second-order valence-corrected chi connectivity index (χ2v) is 5.27. The van der Waals surface area contributed by atoms with Crippen molar-refractivity contribution in [3.05, 3.63) is 12.4 Å². The van der Waals surface area contributed by atoms with Crippen molar-refractivity contribution >= 4 is 5.95 Å². The van der Waals surface area contributed by atoms with E-state index in [0.717, 1.165) is 19.0 Å². The van der Waals surface area contributed by atoms with E-state index in [1.54, 1.807) is 7.11 Å². The number of imidazole rings is 1. The van der Waals surface area contributed by atoms with Crippen molar-refractivity contribution in [3.8, 4) is 0 Å². The van der Waals surface area contributed by atoms with E-state index in [0.29, 0.717) is 18.7 Å². The predicted octanol–water partition coefficient (Wildman–Crippen LogP) is 1.99. The minimum absolute atomic E-state index is 0.306. The van der Waals surface area contributed by atoms with Gasteiger partial charge in [-0.15, -0.1) is 0 Å². The fraction of sp³-hybridized carbons (Fsp3) is 0.786. The molecule has 2 atom stereocenters. The zero-order valence-corrected chi connectivity index (χ0v) is 12.3. The minimum atomic E-state index is 0.306. The Balaban J connectivity index is 1.91. The normalized spacial score (nSPS) is 21.7. The van der Waals surface area contributed by atoms with Crippen LogP contribution in [0.15, 0.2) is 12.4 Å². The molecule has 0 spiro atoms. The van der Waals surface area contributed by atoms with Gasteiger partial charge in [-0.3, -0.25) is 4.90 Å². The lowest BCUT2D eigenvalue weighted by atomic mass is 10.2. The Kier molecular flexibility index (Phi) is 5.22. The first-order valence-electron chi connectivity index (χ1n) is 7.26. The summed E-state index contributed by atoms with van der Waals surface area (Å²) in [6.07, 6.45) is 6.46. The van der Waals surface area contributed by atoms with Crippen LogP contribution in [0.5, 0.6) is 0 Å². The summed E-state index contributed by atoms with van der Waals surface area (Å²) in [5, 5.41) is 3.49. The number of hydrogen-bond acceptors (Lipinski definition) is 4. The van der Waals surface area contributed by atoms with E-state index in [4.69, 9.17) is 4.74 Å². The first-order chi connectivity index (χ1) is 9.26. The Morgan fingerprint density at radius 3 is 3.16 bits per heavy atom. The Morgan fingerprint density at radius 1 is 1.58 bits per heavy atom. The largest absolute Gasteiger partial charge is 0.383 e. The molecule has 1 aliphatic heterocycles. The highest BCUT2D eigenvalue weighted by Crippen LogP contribution is 2.18. The van der Waals surface area contributed by atoms with Crippen LogP contribution in [-0.2, 0) is 4.74 Å². The summed E-state index contributed by atoms with van der Waals surface area (Å²) in [6.45, 7) is 8.43. The van der Waals surface area contributed by atoms with Crippen LogP contribution >= 0.6 is 0 Å². The lowest BCUT2D eigenvalue weighted by molar-refractivity contribution is 0.163. The Bertz CT molecular complexity index is 379. The summed E-state index contributed by atoms with van der Waals surface area (Å²) in [7, 11) is 1.73. The predicted molar refractivity (Wildman–Crippen MR) is 77.6 cm³/mol. The van der Waals surface area contributed by atoms with Gasteiger partial charge in [0.15, 0.2) is 0 Å². The minimum Gasteiger partial charge on any atom is -0.383 e. The standard InChI is InChI=1S/C14H26N4O/c1-4-17-8-5-6-13(17)10-16-14-15-7-9-18(14)12(2)11-19-3/h7,9,12-13H,4-6,8,10-11H2,1-3H3,(H,15,16). The summed E-state index contributed by atoms with van der Waals surface area (Å²) in [5.41, 5.74) is 0. The van der Waals surface area contributed by atoms with Gasteiger partial charge in [-0.1, -0.05) is 6.92 Å². The van der Waals surface area contributed by atoms with Crippen molar-refractivity contribution in [3.63, 3.8) is 0 Å². The number of aromatic nitrogens is 2. The van der Waals surface area contributed by atoms with Crippen LogP contribution in [0.3, 0.4) is 0 Å². The number of rotatable bonds is 7. The highest BCUT2D eigenvalue weighted by molar-refractivity contribution is 5.27. The third-order valence-corrected chi connectivity index (χ3v) is 3.95. The smallest absolute Gasteiger partial charge is 0.203 e. The van der Waals surface area contributed by atoms with Gasteiger partial charge in [-0.2, -0.15) is 0 Å². The highest BCUT2D eigenvalue weighted by atomic mass is 16.5. The molecule has 1 fully saturated rings. The molecule has 108 valence electrons. The SMILES string of the molecule is CCN1CCCC1CNc1nccn1C(C)COC. The number of methoxy groups -OCH3 is 1. The summed E-state index contributed by atoms with van der Waals surface area (Å²) in [5.74, 6) is 0.951. The fourth-order valence-corrected chi connectivity index (χ4v) is 2.88. The van der Waals surface area contributed by atoms with Crippen LogP contribution < -0.4 is 5.32 Å². The molecule has 1 N–H and O–H groups in total. The molecule has 0 aromatic carbocycles. The number of hydrogen-bond donors (Lipinski definition) is 1. The van der Waals surface area contributed by atoms with E-state index >= 15 is 0 Å². The summed E-state index contributed by atoms with van der Waals surface area (Å²) in [4.78, 5) is 6.95. The molecule has 1 saturated heterocycles. The first-order valence-corrected chi connectivity index (χ1v) is 7.26.